The predicted molar refractivity (Wildman–Crippen MR) is 42.3 cm³/mol. The third-order valence-electron chi connectivity index (χ3n) is 2.15. The number of carbonyl (C=O) groups is 1. The van der Waals surface area contributed by atoms with Crippen LogP contribution in [0, 0.1) is 0 Å². The van der Waals surface area contributed by atoms with Crippen LogP contribution in [0.15, 0.2) is 0 Å². The van der Waals surface area contributed by atoms with Crippen LogP contribution >= 0.6 is 0 Å². The highest BCUT2D eigenvalue weighted by Crippen LogP contribution is 2.18. The Morgan fingerprint density at radius 2 is 2.27 bits per heavy atom. The zero-order chi connectivity index (χ0) is 8.27. The predicted octanol–water partition coefficient (Wildman–Crippen LogP) is 0.690. The molecule has 1 rings (SSSR count). The number of methoxy groups -OCH3 is 1. The number of carbonyl (C=O) groups excluding carboxylic acids is 1. The molecule has 0 aromatic heterocycles. The quantitative estimate of drug-likeness (QED) is 0.612. The first-order chi connectivity index (χ1) is 5.24. The van der Waals surface area contributed by atoms with Gasteiger partial charge in [-0.15, -0.1) is 0 Å². The normalized spacial score (nSPS) is 20.5. The van der Waals surface area contributed by atoms with Gasteiger partial charge >= 0.3 is 5.97 Å². The average molecular weight is 157 g/mol. The van der Waals surface area contributed by atoms with Crippen molar-refractivity contribution in [3.05, 3.63) is 0 Å². The maximum absolute atomic E-state index is 10.9. The van der Waals surface area contributed by atoms with Gasteiger partial charge in [0.1, 0.15) is 6.04 Å². The highest BCUT2D eigenvalue weighted by atomic mass is 16.5. The SMILES string of the molecule is COC(=O)C(C)NC1CCC1. The van der Waals surface area contributed by atoms with Crippen LogP contribution in [-0.2, 0) is 9.53 Å². The van der Waals surface area contributed by atoms with Crippen molar-refractivity contribution >= 4 is 5.97 Å². The highest BCUT2D eigenvalue weighted by Gasteiger charge is 2.22. The lowest BCUT2D eigenvalue weighted by molar-refractivity contribution is -0.143. The molecule has 1 aliphatic carbocycles. The Balaban J connectivity index is 2.18. The summed E-state index contributed by atoms with van der Waals surface area (Å²) in [4.78, 5) is 10.9. The summed E-state index contributed by atoms with van der Waals surface area (Å²) in [5, 5.41) is 3.19. The molecule has 0 aromatic carbocycles. The van der Waals surface area contributed by atoms with Crippen LogP contribution in [0.3, 0.4) is 0 Å². The van der Waals surface area contributed by atoms with Gasteiger partial charge in [0, 0.05) is 6.04 Å². The van der Waals surface area contributed by atoms with E-state index in [9.17, 15) is 4.79 Å². The Bertz CT molecular complexity index is 143. The number of rotatable bonds is 3. The molecule has 0 bridgehead atoms. The molecule has 1 N–H and O–H groups in total. The maximum atomic E-state index is 10.9. The molecule has 0 aromatic rings. The van der Waals surface area contributed by atoms with E-state index >= 15 is 0 Å². The zero-order valence-electron chi connectivity index (χ0n) is 7.09. The Kier molecular flexibility index (Phi) is 2.88. The molecule has 64 valence electrons. The fourth-order valence-electron chi connectivity index (χ4n) is 1.17. The number of hydrogen-bond acceptors (Lipinski definition) is 3. The highest BCUT2D eigenvalue weighted by molar-refractivity contribution is 5.75. The number of ether oxygens (including phenoxy) is 1. The Hall–Kier alpha value is -0.570. The lowest BCUT2D eigenvalue weighted by Gasteiger charge is -2.28. The van der Waals surface area contributed by atoms with Crippen molar-refractivity contribution in [2.45, 2.75) is 38.3 Å². The van der Waals surface area contributed by atoms with Gasteiger partial charge in [-0.3, -0.25) is 4.79 Å². The van der Waals surface area contributed by atoms with Crippen LogP contribution in [0.2, 0.25) is 0 Å². The van der Waals surface area contributed by atoms with Crippen LogP contribution < -0.4 is 5.32 Å². The largest absolute Gasteiger partial charge is 0.468 e. The first kappa shape index (κ1) is 8.53. The van der Waals surface area contributed by atoms with Crippen molar-refractivity contribution in [1.82, 2.24) is 5.32 Å². The number of hydrogen-bond donors (Lipinski definition) is 1. The lowest BCUT2D eigenvalue weighted by atomic mass is 9.92. The van der Waals surface area contributed by atoms with Gasteiger partial charge in [-0.2, -0.15) is 0 Å². The Morgan fingerprint density at radius 3 is 2.64 bits per heavy atom. The summed E-state index contributed by atoms with van der Waals surface area (Å²) in [6, 6.07) is 0.398. The van der Waals surface area contributed by atoms with E-state index in [1.807, 2.05) is 6.92 Å². The Morgan fingerprint density at radius 1 is 1.64 bits per heavy atom. The molecule has 1 unspecified atom stereocenters. The van der Waals surface area contributed by atoms with Crippen molar-refractivity contribution in [2.24, 2.45) is 0 Å². The summed E-state index contributed by atoms with van der Waals surface area (Å²) in [6.45, 7) is 1.84. The second-order valence-electron chi connectivity index (χ2n) is 3.04. The van der Waals surface area contributed by atoms with E-state index in [1.165, 1.54) is 26.4 Å². The molecule has 11 heavy (non-hydrogen) atoms. The van der Waals surface area contributed by atoms with E-state index in [4.69, 9.17) is 0 Å². The fourth-order valence-corrected chi connectivity index (χ4v) is 1.17. The van der Waals surface area contributed by atoms with Crippen molar-refractivity contribution in [1.29, 1.82) is 0 Å². The van der Waals surface area contributed by atoms with Gasteiger partial charge in [0.15, 0.2) is 0 Å². The zero-order valence-corrected chi connectivity index (χ0v) is 7.09. The van der Waals surface area contributed by atoms with E-state index in [-0.39, 0.29) is 12.0 Å². The second kappa shape index (κ2) is 3.72. The molecule has 0 aliphatic heterocycles. The topological polar surface area (TPSA) is 38.3 Å². The minimum atomic E-state index is -0.170. The van der Waals surface area contributed by atoms with Gasteiger partial charge in [0.05, 0.1) is 7.11 Å². The monoisotopic (exact) mass is 157 g/mol. The van der Waals surface area contributed by atoms with Gasteiger partial charge in [-0.1, -0.05) is 6.42 Å². The van der Waals surface area contributed by atoms with Crippen molar-refractivity contribution in [3.8, 4) is 0 Å². The van der Waals surface area contributed by atoms with Gasteiger partial charge in [0.25, 0.3) is 0 Å². The minimum Gasteiger partial charge on any atom is -0.468 e. The maximum Gasteiger partial charge on any atom is 0.322 e. The molecule has 1 aliphatic rings. The molecule has 0 saturated heterocycles. The average Bonchev–Trinajstić information content (AvgIpc) is 1.94. The molecule has 0 amide bonds. The molecular formula is C8H15NO2. The van der Waals surface area contributed by atoms with Crippen LogP contribution in [0.4, 0.5) is 0 Å². The summed E-state index contributed by atoms with van der Waals surface area (Å²) < 4.78 is 4.58. The molecule has 0 radical (unpaired) electrons. The van der Waals surface area contributed by atoms with E-state index in [0.717, 1.165) is 0 Å². The van der Waals surface area contributed by atoms with Gasteiger partial charge < -0.3 is 10.1 Å². The summed E-state index contributed by atoms with van der Waals surface area (Å²) in [5.74, 6) is -0.170. The van der Waals surface area contributed by atoms with Crippen molar-refractivity contribution in [2.75, 3.05) is 7.11 Å². The van der Waals surface area contributed by atoms with Crippen LogP contribution in [0.5, 0.6) is 0 Å². The van der Waals surface area contributed by atoms with Gasteiger partial charge in [0.2, 0.25) is 0 Å². The van der Waals surface area contributed by atoms with E-state index in [0.29, 0.717) is 6.04 Å². The first-order valence-corrected chi connectivity index (χ1v) is 4.08. The summed E-state index contributed by atoms with van der Waals surface area (Å²) >= 11 is 0. The van der Waals surface area contributed by atoms with Crippen molar-refractivity contribution in [3.63, 3.8) is 0 Å². The Labute approximate surface area is 67.1 Å². The molecule has 1 saturated carbocycles. The smallest absolute Gasteiger partial charge is 0.322 e. The van der Waals surface area contributed by atoms with Gasteiger partial charge in [-0.05, 0) is 19.8 Å². The molecule has 0 spiro atoms. The third-order valence-corrected chi connectivity index (χ3v) is 2.15. The number of esters is 1. The van der Waals surface area contributed by atoms with E-state index in [2.05, 4.69) is 10.1 Å². The van der Waals surface area contributed by atoms with Gasteiger partial charge in [-0.25, -0.2) is 0 Å². The van der Waals surface area contributed by atoms with E-state index in [1.54, 1.807) is 0 Å². The minimum absolute atomic E-state index is 0.148. The first-order valence-electron chi connectivity index (χ1n) is 4.08. The second-order valence-corrected chi connectivity index (χ2v) is 3.04. The fraction of sp³-hybridized carbons (Fsp3) is 0.875. The van der Waals surface area contributed by atoms with Crippen LogP contribution in [-0.4, -0.2) is 25.2 Å². The standard InChI is InChI=1S/C8H15NO2/c1-6(8(10)11-2)9-7-4-3-5-7/h6-7,9H,3-5H2,1-2H3. The number of nitrogens with one attached hydrogen (secondary N) is 1. The van der Waals surface area contributed by atoms with Crippen LogP contribution in [0.1, 0.15) is 26.2 Å². The molecule has 1 fully saturated rings. The summed E-state index contributed by atoms with van der Waals surface area (Å²) in [6.07, 6.45) is 3.67. The van der Waals surface area contributed by atoms with E-state index < -0.39 is 0 Å². The molecule has 3 heteroatoms. The summed E-state index contributed by atoms with van der Waals surface area (Å²) in [7, 11) is 1.42. The lowest BCUT2D eigenvalue weighted by Crippen LogP contribution is -2.45. The summed E-state index contributed by atoms with van der Waals surface area (Å²) in [5.41, 5.74) is 0. The molecular weight excluding hydrogens is 142 g/mol. The molecule has 0 heterocycles. The molecule has 3 nitrogen and oxygen atoms in total. The molecule has 1 atom stereocenters. The van der Waals surface area contributed by atoms with Crippen molar-refractivity contribution < 1.29 is 9.53 Å². The third kappa shape index (κ3) is 2.19. The van der Waals surface area contributed by atoms with Crippen LogP contribution in [0.25, 0.3) is 0 Å².